The lowest BCUT2D eigenvalue weighted by molar-refractivity contribution is 0.0589. The van der Waals surface area contributed by atoms with Crippen LogP contribution in [0.4, 0.5) is 5.69 Å². The molecule has 1 N–H and O–H groups in total. The van der Waals surface area contributed by atoms with Gasteiger partial charge in [0.1, 0.15) is 18.1 Å². The summed E-state index contributed by atoms with van der Waals surface area (Å²) in [5.74, 6) is -0.102. The third kappa shape index (κ3) is 4.01. The molecule has 3 aromatic rings. The van der Waals surface area contributed by atoms with Crippen LogP contribution in [0.2, 0.25) is 5.02 Å². The van der Waals surface area contributed by atoms with Crippen molar-refractivity contribution in [3.63, 3.8) is 0 Å². The molecule has 0 fully saturated rings. The molecule has 0 unspecified atom stereocenters. The van der Waals surface area contributed by atoms with Gasteiger partial charge in [-0.3, -0.25) is 9.48 Å². The second-order valence-corrected chi connectivity index (χ2v) is 6.27. The molecule has 2 heterocycles. The molecule has 28 heavy (non-hydrogen) atoms. The molecule has 0 spiro atoms. The number of furan rings is 1. The summed E-state index contributed by atoms with van der Waals surface area (Å²) < 4.78 is 17.2. The molecule has 0 saturated heterocycles. The summed E-state index contributed by atoms with van der Waals surface area (Å²) in [4.78, 5) is 24.5. The number of aryl methyl sites for hydroxylation is 2. The fourth-order valence-electron chi connectivity index (χ4n) is 2.60. The summed E-state index contributed by atoms with van der Waals surface area (Å²) in [5.41, 5.74) is 0.886. The van der Waals surface area contributed by atoms with Crippen molar-refractivity contribution in [3.8, 4) is 5.75 Å². The maximum absolute atomic E-state index is 12.5. The van der Waals surface area contributed by atoms with E-state index in [-0.39, 0.29) is 23.7 Å². The molecule has 0 aliphatic carbocycles. The number of amides is 1. The molecule has 0 aliphatic heterocycles. The van der Waals surface area contributed by atoms with Gasteiger partial charge in [-0.25, -0.2) is 4.79 Å². The van der Waals surface area contributed by atoms with Crippen molar-refractivity contribution in [3.05, 3.63) is 64.3 Å². The van der Waals surface area contributed by atoms with E-state index in [9.17, 15) is 9.59 Å². The van der Waals surface area contributed by atoms with Gasteiger partial charge in [-0.1, -0.05) is 23.7 Å². The first-order valence-corrected chi connectivity index (χ1v) is 8.67. The van der Waals surface area contributed by atoms with Crippen LogP contribution in [-0.4, -0.2) is 28.8 Å². The highest BCUT2D eigenvalue weighted by Crippen LogP contribution is 2.25. The number of carbonyl (C=O) groups excluding carboxylic acids is 2. The van der Waals surface area contributed by atoms with Gasteiger partial charge < -0.3 is 19.2 Å². The molecule has 146 valence electrons. The number of aromatic nitrogens is 2. The highest BCUT2D eigenvalue weighted by atomic mass is 35.5. The predicted octanol–water partition coefficient (Wildman–Crippen LogP) is 3.59. The van der Waals surface area contributed by atoms with E-state index in [0.29, 0.717) is 22.2 Å². The van der Waals surface area contributed by atoms with Gasteiger partial charge in [0.25, 0.3) is 5.91 Å². The van der Waals surface area contributed by atoms with Gasteiger partial charge in [-0.05, 0) is 31.2 Å². The molecule has 0 atom stereocenters. The number of para-hydroxylation sites is 1. The van der Waals surface area contributed by atoms with Crippen molar-refractivity contribution in [2.45, 2.75) is 13.5 Å². The number of halogens is 1. The lowest BCUT2D eigenvalue weighted by Crippen LogP contribution is -2.16. The molecule has 0 saturated carbocycles. The third-order valence-corrected chi connectivity index (χ3v) is 4.24. The molecule has 3 rings (SSSR count). The third-order valence-electron chi connectivity index (χ3n) is 3.93. The van der Waals surface area contributed by atoms with E-state index < -0.39 is 11.9 Å². The summed E-state index contributed by atoms with van der Waals surface area (Å²) in [5, 5.41) is 7.27. The van der Waals surface area contributed by atoms with Gasteiger partial charge in [0.2, 0.25) is 0 Å². The topological polar surface area (TPSA) is 95.6 Å². The van der Waals surface area contributed by atoms with Crippen LogP contribution in [0.1, 0.15) is 32.5 Å². The van der Waals surface area contributed by atoms with Gasteiger partial charge in [0, 0.05) is 7.05 Å². The summed E-state index contributed by atoms with van der Waals surface area (Å²) in [6.45, 7) is 1.78. The van der Waals surface area contributed by atoms with Crippen molar-refractivity contribution in [1.29, 1.82) is 0 Å². The number of hydrogen-bond donors (Lipinski definition) is 1. The Morgan fingerprint density at radius 2 is 2.00 bits per heavy atom. The van der Waals surface area contributed by atoms with Gasteiger partial charge in [0.15, 0.2) is 11.5 Å². The molecular weight excluding hydrogens is 386 g/mol. The van der Waals surface area contributed by atoms with E-state index in [1.54, 1.807) is 44.3 Å². The second-order valence-electron chi connectivity index (χ2n) is 5.86. The fraction of sp³-hybridized carbons (Fsp3) is 0.211. The largest absolute Gasteiger partial charge is 0.484 e. The van der Waals surface area contributed by atoms with Crippen LogP contribution in [0.15, 0.2) is 40.8 Å². The number of nitrogens with one attached hydrogen (secondary N) is 1. The minimum absolute atomic E-state index is 0.0665. The summed E-state index contributed by atoms with van der Waals surface area (Å²) in [6.07, 6.45) is 0. The van der Waals surface area contributed by atoms with Crippen molar-refractivity contribution >= 4 is 29.2 Å². The Morgan fingerprint density at radius 1 is 1.25 bits per heavy atom. The lowest BCUT2D eigenvalue weighted by atomic mass is 10.3. The Bertz CT molecular complexity index is 1020. The summed E-state index contributed by atoms with van der Waals surface area (Å²) >= 11 is 6.04. The summed E-state index contributed by atoms with van der Waals surface area (Å²) in [6, 6.07) is 10.2. The number of anilines is 1. The smallest absolute Gasteiger partial charge is 0.358 e. The first-order valence-electron chi connectivity index (χ1n) is 8.30. The van der Waals surface area contributed by atoms with Crippen LogP contribution in [0.3, 0.4) is 0 Å². The normalized spacial score (nSPS) is 10.6. The van der Waals surface area contributed by atoms with Crippen LogP contribution in [0.25, 0.3) is 0 Å². The van der Waals surface area contributed by atoms with Crippen LogP contribution in [0.5, 0.6) is 5.75 Å². The number of esters is 1. The van der Waals surface area contributed by atoms with Crippen molar-refractivity contribution in [2.24, 2.45) is 7.05 Å². The highest BCUT2D eigenvalue weighted by Gasteiger charge is 2.23. The molecule has 9 heteroatoms. The molecule has 0 radical (unpaired) electrons. The zero-order valence-corrected chi connectivity index (χ0v) is 16.2. The molecule has 1 aromatic carbocycles. The quantitative estimate of drug-likeness (QED) is 0.632. The standard InChI is InChI=1S/C19H18ClN3O5/c1-11-16(17(19(25)26-3)23(2)22-11)21-18(24)15-9-8-12(28-15)10-27-14-7-5-4-6-13(14)20/h4-9H,10H2,1-3H3,(H,21,24). The van der Waals surface area contributed by atoms with Crippen LogP contribution in [-0.2, 0) is 18.4 Å². The Balaban J connectivity index is 1.71. The van der Waals surface area contributed by atoms with E-state index in [1.807, 2.05) is 0 Å². The highest BCUT2D eigenvalue weighted by molar-refractivity contribution is 6.32. The minimum atomic E-state index is -0.605. The van der Waals surface area contributed by atoms with Crippen molar-refractivity contribution in [2.75, 3.05) is 12.4 Å². The lowest BCUT2D eigenvalue weighted by Gasteiger charge is -2.06. The van der Waals surface area contributed by atoms with Gasteiger partial charge >= 0.3 is 5.97 Å². The number of carbonyl (C=O) groups is 2. The Hall–Kier alpha value is -3.26. The average molecular weight is 404 g/mol. The maximum atomic E-state index is 12.5. The second kappa shape index (κ2) is 8.18. The molecule has 0 aliphatic rings. The van der Waals surface area contributed by atoms with E-state index in [1.165, 1.54) is 17.9 Å². The Morgan fingerprint density at radius 3 is 2.71 bits per heavy atom. The van der Waals surface area contributed by atoms with Crippen molar-refractivity contribution < 1.29 is 23.5 Å². The van der Waals surface area contributed by atoms with E-state index in [0.717, 1.165) is 0 Å². The summed E-state index contributed by atoms with van der Waals surface area (Å²) in [7, 11) is 2.85. The molecule has 8 nitrogen and oxygen atoms in total. The zero-order chi connectivity index (χ0) is 20.3. The first-order chi connectivity index (χ1) is 13.4. The Kier molecular flexibility index (Phi) is 5.70. The molecule has 0 bridgehead atoms. The zero-order valence-electron chi connectivity index (χ0n) is 15.5. The number of rotatable bonds is 6. The van der Waals surface area contributed by atoms with Gasteiger partial charge in [-0.15, -0.1) is 0 Å². The fourth-order valence-corrected chi connectivity index (χ4v) is 2.79. The van der Waals surface area contributed by atoms with Crippen LogP contribution < -0.4 is 10.1 Å². The number of nitrogens with zero attached hydrogens (tertiary/aromatic N) is 2. The molecule has 2 aromatic heterocycles. The molecular formula is C19H18ClN3O5. The SMILES string of the molecule is COC(=O)c1c(NC(=O)c2ccc(COc3ccccc3Cl)o2)c(C)nn1C. The average Bonchev–Trinajstić information content (AvgIpc) is 3.25. The number of hydrogen-bond acceptors (Lipinski definition) is 6. The van der Waals surface area contributed by atoms with E-state index in [4.69, 9.17) is 25.5 Å². The maximum Gasteiger partial charge on any atom is 0.358 e. The van der Waals surface area contributed by atoms with Crippen molar-refractivity contribution in [1.82, 2.24) is 9.78 Å². The number of methoxy groups -OCH3 is 1. The minimum Gasteiger partial charge on any atom is -0.484 e. The van der Waals surface area contributed by atoms with Crippen LogP contribution >= 0.6 is 11.6 Å². The van der Waals surface area contributed by atoms with Crippen LogP contribution in [0, 0.1) is 6.92 Å². The first kappa shape index (κ1) is 19.5. The monoisotopic (exact) mass is 403 g/mol. The number of benzene rings is 1. The Labute approximate surface area is 166 Å². The van der Waals surface area contributed by atoms with Gasteiger partial charge in [0.05, 0.1) is 23.5 Å². The van der Waals surface area contributed by atoms with E-state index >= 15 is 0 Å². The molecule has 1 amide bonds. The predicted molar refractivity (Wildman–Crippen MR) is 102 cm³/mol. The van der Waals surface area contributed by atoms with E-state index in [2.05, 4.69) is 10.4 Å². The number of ether oxygens (including phenoxy) is 2. The van der Waals surface area contributed by atoms with Gasteiger partial charge in [-0.2, -0.15) is 5.10 Å².